The van der Waals surface area contributed by atoms with Crippen molar-refractivity contribution < 1.29 is 19.1 Å². The van der Waals surface area contributed by atoms with Crippen LogP contribution < -0.4 is 15.1 Å². The van der Waals surface area contributed by atoms with Crippen molar-refractivity contribution >= 4 is 47.5 Å². The number of halogens is 1. The van der Waals surface area contributed by atoms with Crippen LogP contribution in [0.2, 0.25) is 4.82 Å². The van der Waals surface area contributed by atoms with Gasteiger partial charge in [-0.05, 0) is 0 Å². The molecule has 0 aromatic heterocycles. The molecular formula is C22H33BrN2O4Se. The summed E-state index contributed by atoms with van der Waals surface area (Å²) in [6.07, 6.45) is -0.830. The standard InChI is InChI=1S/C22H33BrN2O4Se/c1-21(2,3)28-19(26)24-12-15-16(13-25-20(27)29-22(4,5)6)18(17(15)23)30-14-10-8-7-9-11-14/h7-11,15-18H,12-13H2,1-6H3,(H,24,26)(H,25,27)/t15-,16+,17+,18+/m1/s1. The summed E-state index contributed by atoms with van der Waals surface area (Å²) in [7, 11) is 0. The third-order valence-corrected chi connectivity index (χ3v) is 9.57. The molecule has 8 heteroatoms. The second-order valence-corrected chi connectivity index (χ2v) is 13.1. The van der Waals surface area contributed by atoms with Crippen LogP contribution in [-0.4, -0.2) is 56.3 Å². The average molecular weight is 548 g/mol. The molecule has 168 valence electrons. The Morgan fingerprint density at radius 1 is 0.900 bits per heavy atom. The number of amides is 2. The molecule has 1 aliphatic rings. The van der Waals surface area contributed by atoms with E-state index in [1.54, 1.807) is 0 Å². The maximum atomic E-state index is 12.1. The molecule has 2 rings (SSSR count). The molecule has 0 bridgehead atoms. The van der Waals surface area contributed by atoms with Crippen molar-refractivity contribution in [3.63, 3.8) is 0 Å². The third kappa shape index (κ3) is 8.12. The molecule has 2 N–H and O–H groups in total. The first-order valence-electron chi connectivity index (χ1n) is 10.2. The van der Waals surface area contributed by atoms with Crippen LogP contribution in [0.5, 0.6) is 0 Å². The van der Waals surface area contributed by atoms with Crippen LogP contribution in [0, 0.1) is 11.8 Å². The van der Waals surface area contributed by atoms with Gasteiger partial charge in [0, 0.05) is 0 Å². The summed E-state index contributed by atoms with van der Waals surface area (Å²) in [6, 6.07) is 10.4. The van der Waals surface area contributed by atoms with Crippen molar-refractivity contribution in [1.29, 1.82) is 0 Å². The van der Waals surface area contributed by atoms with E-state index < -0.39 is 23.4 Å². The Balaban J connectivity index is 1.99. The molecule has 1 fully saturated rings. The van der Waals surface area contributed by atoms with Crippen LogP contribution in [0.4, 0.5) is 9.59 Å². The number of carbonyl (C=O) groups excluding carboxylic acids is 2. The number of benzene rings is 1. The summed E-state index contributed by atoms with van der Waals surface area (Å²) >= 11 is 4.09. The quantitative estimate of drug-likeness (QED) is 0.419. The average Bonchev–Trinajstić information content (AvgIpc) is 2.60. The van der Waals surface area contributed by atoms with Crippen molar-refractivity contribution in [2.75, 3.05) is 13.1 Å². The van der Waals surface area contributed by atoms with E-state index in [1.165, 1.54) is 4.46 Å². The molecule has 1 saturated carbocycles. The summed E-state index contributed by atoms with van der Waals surface area (Å²) in [6.45, 7) is 12.1. The van der Waals surface area contributed by atoms with E-state index >= 15 is 0 Å². The van der Waals surface area contributed by atoms with Gasteiger partial charge in [0.2, 0.25) is 0 Å². The minimum atomic E-state index is -0.535. The van der Waals surface area contributed by atoms with Gasteiger partial charge < -0.3 is 0 Å². The van der Waals surface area contributed by atoms with E-state index in [0.717, 1.165) is 0 Å². The molecule has 0 heterocycles. The first kappa shape index (κ1) is 25.0. The predicted octanol–water partition coefficient (Wildman–Crippen LogP) is 3.86. The fraction of sp³-hybridized carbons (Fsp3) is 0.636. The van der Waals surface area contributed by atoms with E-state index in [-0.39, 0.29) is 31.6 Å². The molecule has 1 aliphatic carbocycles. The van der Waals surface area contributed by atoms with Crippen LogP contribution in [0.1, 0.15) is 41.5 Å². The Kier molecular flexibility index (Phi) is 8.66. The SMILES string of the molecule is CC(C)(C)OC(=O)NC[C@H]1[C@H](Br)[C@@H]([Se]c2ccccc2)[C@H]1CNC(=O)OC(C)(C)C. The number of nitrogens with one attached hydrogen (secondary N) is 2. The zero-order chi connectivity index (χ0) is 22.5. The van der Waals surface area contributed by atoms with E-state index in [1.807, 2.05) is 47.6 Å². The van der Waals surface area contributed by atoms with Gasteiger partial charge in [-0.1, -0.05) is 0 Å². The summed E-state index contributed by atoms with van der Waals surface area (Å²) < 4.78 is 12.1. The van der Waals surface area contributed by atoms with E-state index in [0.29, 0.717) is 17.9 Å². The molecule has 2 amide bonds. The molecule has 6 nitrogen and oxygen atoms in total. The molecule has 30 heavy (non-hydrogen) atoms. The van der Waals surface area contributed by atoms with Crippen molar-refractivity contribution in [1.82, 2.24) is 10.6 Å². The van der Waals surface area contributed by atoms with Crippen LogP contribution in [0.25, 0.3) is 0 Å². The number of carbonyl (C=O) groups is 2. The zero-order valence-electron chi connectivity index (χ0n) is 18.5. The molecule has 0 saturated heterocycles. The molecule has 0 spiro atoms. The topological polar surface area (TPSA) is 76.7 Å². The van der Waals surface area contributed by atoms with Gasteiger partial charge in [0.25, 0.3) is 0 Å². The molecule has 0 radical (unpaired) electrons. The molecule has 0 aliphatic heterocycles. The number of hydrogen-bond acceptors (Lipinski definition) is 4. The minimum absolute atomic E-state index is 0.197. The van der Waals surface area contributed by atoms with Crippen molar-refractivity contribution in [3.05, 3.63) is 30.3 Å². The van der Waals surface area contributed by atoms with Crippen LogP contribution in [0.15, 0.2) is 30.3 Å². The normalized spacial score (nSPS) is 23.8. The molecule has 1 aromatic rings. The number of alkyl halides is 1. The second-order valence-electron chi connectivity index (χ2n) is 9.43. The predicted molar refractivity (Wildman–Crippen MR) is 124 cm³/mol. The first-order valence-corrected chi connectivity index (χ1v) is 12.9. The van der Waals surface area contributed by atoms with Gasteiger partial charge >= 0.3 is 195 Å². The van der Waals surface area contributed by atoms with Gasteiger partial charge in [-0.3, -0.25) is 0 Å². The molecular weight excluding hydrogens is 515 g/mol. The van der Waals surface area contributed by atoms with E-state index in [4.69, 9.17) is 9.47 Å². The summed E-state index contributed by atoms with van der Waals surface area (Å²) in [5.74, 6) is 0.431. The Labute approximate surface area is 194 Å². The summed E-state index contributed by atoms with van der Waals surface area (Å²) in [5, 5.41) is 5.80. The second kappa shape index (κ2) is 10.4. The fourth-order valence-corrected chi connectivity index (χ4v) is 7.72. The number of alkyl carbamates (subject to hydrolysis) is 2. The third-order valence-electron chi connectivity index (χ3n) is 4.47. The first-order chi connectivity index (χ1) is 13.9. The van der Waals surface area contributed by atoms with Crippen LogP contribution >= 0.6 is 15.9 Å². The van der Waals surface area contributed by atoms with E-state index in [2.05, 4.69) is 50.8 Å². The maximum absolute atomic E-state index is 12.1. The number of rotatable bonds is 6. The monoisotopic (exact) mass is 548 g/mol. The Hall–Kier alpha value is -1.24. The van der Waals surface area contributed by atoms with Gasteiger partial charge in [0.05, 0.1) is 0 Å². The van der Waals surface area contributed by atoms with Crippen molar-refractivity contribution in [2.24, 2.45) is 11.8 Å². The van der Waals surface area contributed by atoms with Crippen molar-refractivity contribution in [3.8, 4) is 0 Å². The van der Waals surface area contributed by atoms with Gasteiger partial charge in [-0.15, -0.1) is 0 Å². The Morgan fingerprint density at radius 3 is 1.83 bits per heavy atom. The van der Waals surface area contributed by atoms with Crippen LogP contribution in [-0.2, 0) is 9.47 Å². The van der Waals surface area contributed by atoms with Gasteiger partial charge in [-0.2, -0.15) is 0 Å². The summed E-state index contributed by atoms with van der Waals surface area (Å²) in [4.78, 5) is 24.9. The zero-order valence-corrected chi connectivity index (χ0v) is 21.8. The fourth-order valence-electron chi connectivity index (χ4n) is 3.18. The van der Waals surface area contributed by atoms with E-state index in [9.17, 15) is 9.59 Å². The summed E-state index contributed by atoms with van der Waals surface area (Å²) in [5.41, 5.74) is -1.07. The number of hydrogen-bond donors (Lipinski definition) is 2. The van der Waals surface area contributed by atoms with Gasteiger partial charge in [-0.25, -0.2) is 0 Å². The molecule has 0 unspecified atom stereocenters. The van der Waals surface area contributed by atoms with Crippen molar-refractivity contribution in [2.45, 2.75) is 62.4 Å². The van der Waals surface area contributed by atoms with Crippen LogP contribution in [0.3, 0.4) is 0 Å². The molecule has 4 atom stereocenters. The number of ether oxygens (including phenoxy) is 2. The molecule has 1 aromatic carbocycles. The van der Waals surface area contributed by atoms with Gasteiger partial charge in [0.1, 0.15) is 0 Å². The van der Waals surface area contributed by atoms with Gasteiger partial charge in [0.15, 0.2) is 0 Å². The Morgan fingerprint density at radius 2 is 1.37 bits per heavy atom. The Bertz CT molecular complexity index is 718.